The van der Waals surface area contributed by atoms with E-state index in [0.717, 1.165) is 5.69 Å². The summed E-state index contributed by atoms with van der Waals surface area (Å²) in [5.41, 5.74) is 0.766. The van der Waals surface area contributed by atoms with Gasteiger partial charge in [0.05, 0.1) is 6.61 Å². The van der Waals surface area contributed by atoms with Crippen LogP contribution in [-0.4, -0.2) is 35.7 Å². The van der Waals surface area contributed by atoms with Crippen molar-refractivity contribution in [1.29, 1.82) is 0 Å². The van der Waals surface area contributed by atoms with Gasteiger partial charge in [-0.2, -0.15) is 0 Å². The maximum absolute atomic E-state index is 12.1. The topological polar surface area (TPSA) is 52.6 Å². The molecule has 4 nitrogen and oxygen atoms in total. The van der Waals surface area contributed by atoms with Crippen molar-refractivity contribution in [3.8, 4) is 0 Å². The molecule has 0 saturated heterocycles. The third-order valence-corrected chi connectivity index (χ3v) is 2.35. The average Bonchev–Trinajstić information content (AvgIpc) is 2.28. The number of carbonyl (C=O) groups excluding carboxylic acids is 1. The molecule has 4 heteroatoms. The molecule has 0 fully saturated rings. The number of aliphatic hydroxyl groups excluding tert-OH is 1. The summed E-state index contributed by atoms with van der Waals surface area (Å²) >= 11 is 0. The normalized spacial score (nSPS) is 11.1. The molecule has 0 saturated carbocycles. The Morgan fingerprint density at radius 1 is 1.28 bits per heavy atom. The highest BCUT2D eigenvalue weighted by atomic mass is 16.3. The number of rotatable bonds is 4. The Kier molecular flexibility index (Phi) is 5.16. The number of nitrogens with one attached hydrogen (secondary N) is 1. The van der Waals surface area contributed by atoms with E-state index in [0.29, 0.717) is 13.1 Å². The highest BCUT2D eigenvalue weighted by molar-refractivity contribution is 5.89. The fourth-order valence-corrected chi connectivity index (χ4v) is 1.67. The van der Waals surface area contributed by atoms with Gasteiger partial charge in [0.15, 0.2) is 0 Å². The van der Waals surface area contributed by atoms with E-state index in [1.54, 1.807) is 4.90 Å². The zero-order valence-corrected chi connectivity index (χ0v) is 11.3. The average molecular weight is 250 g/mol. The molecular formula is C14H22N2O2. The first kappa shape index (κ1) is 14.5. The van der Waals surface area contributed by atoms with Gasteiger partial charge in [-0.15, -0.1) is 0 Å². The zero-order chi connectivity index (χ0) is 13.6. The van der Waals surface area contributed by atoms with Crippen molar-refractivity contribution in [2.24, 2.45) is 5.41 Å². The highest BCUT2D eigenvalue weighted by Gasteiger charge is 2.20. The number of carbonyl (C=O) groups is 1. The molecule has 1 rings (SSSR count). The number of para-hydroxylation sites is 1. The summed E-state index contributed by atoms with van der Waals surface area (Å²) in [7, 11) is 0. The van der Waals surface area contributed by atoms with E-state index in [9.17, 15) is 4.79 Å². The third kappa shape index (κ3) is 5.19. The van der Waals surface area contributed by atoms with Crippen molar-refractivity contribution < 1.29 is 9.90 Å². The molecule has 1 aromatic carbocycles. The van der Waals surface area contributed by atoms with Gasteiger partial charge >= 0.3 is 6.03 Å². The Morgan fingerprint density at radius 2 is 1.89 bits per heavy atom. The van der Waals surface area contributed by atoms with Crippen LogP contribution in [0.2, 0.25) is 0 Å². The Morgan fingerprint density at radius 3 is 2.39 bits per heavy atom. The lowest BCUT2D eigenvalue weighted by Crippen LogP contribution is -2.42. The van der Waals surface area contributed by atoms with Crippen molar-refractivity contribution in [2.75, 3.05) is 25.0 Å². The van der Waals surface area contributed by atoms with Crippen LogP contribution in [0.3, 0.4) is 0 Å². The lowest BCUT2D eigenvalue weighted by atomic mass is 9.96. The van der Waals surface area contributed by atoms with Crippen LogP contribution in [0.4, 0.5) is 10.5 Å². The van der Waals surface area contributed by atoms with Crippen LogP contribution < -0.4 is 5.32 Å². The van der Waals surface area contributed by atoms with Crippen molar-refractivity contribution in [2.45, 2.75) is 20.8 Å². The summed E-state index contributed by atoms with van der Waals surface area (Å²) in [6.45, 7) is 7.11. The quantitative estimate of drug-likeness (QED) is 0.863. The molecular weight excluding hydrogens is 228 g/mol. The van der Waals surface area contributed by atoms with Crippen molar-refractivity contribution in [3.63, 3.8) is 0 Å². The molecule has 0 atom stereocenters. The van der Waals surface area contributed by atoms with Crippen molar-refractivity contribution >= 4 is 11.7 Å². The molecule has 0 unspecified atom stereocenters. The van der Waals surface area contributed by atoms with Gasteiger partial charge in [0.2, 0.25) is 0 Å². The van der Waals surface area contributed by atoms with Gasteiger partial charge in [0.25, 0.3) is 0 Å². The fourth-order valence-electron chi connectivity index (χ4n) is 1.67. The van der Waals surface area contributed by atoms with E-state index in [4.69, 9.17) is 5.11 Å². The zero-order valence-electron chi connectivity index (χ0n) is 11.3. The second kappa shape index (κ2) is 6.40. The molecule has 0 radical (unpaired) electrons. The van der Waals surface area contributed by atoms with E-state index >= 15 is 0 Å². The minimum absolute atomic E-state index is 0.00317. The minimum atomic E-state index is -0.176. The van der Waals surface area contributed by atoms with E-state index in [2.05, 4.69) is 26.1 Å². The van der Waals surface area contributed by atoms with Crippen LogP contribution in [0.1, 0.15) is 20.8 Å². The van der Waals surface area contributed by atoms with Crippen LogP contribution >= 0.6 is 0 Å². The summed E-state index contributed by atoms with van der Waals surface area (Å²) in [5.74, 6) is 0. The highest BCUT2D eigenvalue weighted by Crippen LogP contribution is 2.16. The van der Waals surface area contributed by atoms with E-state index in [1.807, 2.05) is 30.3 Å². The van der Waals surface area contributed by atoms with Crippen molar-refractivity contribution in [3.05, 3.63) is 30.3 Å². The van der Waals surface area contributed by atoms with E-state index in [-0.39, 0.29) is 18.1 Å². The van der Waals surface area contributed by atoms with Gasteiger partial charge in [0, 0.05) is 18.8 Å². The van der Waals surface area contributed by atoms with Crippen LogP contribution in [0, 0.1) is 5.41 Å². The van der Waals surface area contributed by atoms with Gasteiger partial charge in [0.1, 0.15) is 0 Å². The number of hydrogen-bond donors (Lipinski definition) is 2. The molecule has 2 amide bonds. The molecule has 0 bridgehead atoms. The first-order valence-electron chi connectivity index (χ1n) is 6.14. The number of nitrogens with zero attached hydrogens (tertiary/aromatic N) is 1. The van der Waals surface area contributed by atoms with Crippen LogP contribution in [0.5, 0.6) is 0 Å². The van der Waals surface area contributed by atoms with E-state index in [1.165, 1.54) is 0 Å². The molecule has 0 heterocycles. The van der Waals surface area contributed by atoms with Gasteiger partial charge in [-0.3, -0.25) is 0 Å². The van der Waals surface area contributed by atoms with Crippen LogP contribution in [0.25, 0.3) is 0 Å². The Labute approximate surface area is 109 Å². The monoisotopic (exact) mass is 250 g/mol. The van der Waals surface area contributed by atoms with Crippen LogP contribution in [-0.2, 0) is 0 Å². The number of amides is 2. The van der Waals surface area contributed by atoms with Gasteiger partial charge in [-0.05, 0) is 17.5 Å². The molecule has 0 spiro atoms. The molecule has 0 aliphatic rings. The number of urea groups is 1. The number of hydrogen-bond acceptors (Lipinski definition) is 2. The molecule has 2 N–H and O–H groups in total. The van der Waals surface area contributed by atoms with Crippen molar-refractivity contribution in [1.82, 2.24) is 4.90 Å². The maximum atomic E-state index is 12.1. The molecule has 0 aliphatic carbocycles. The smallest absolute Gasteiger partial charge is 0.321 e. The first-order valence-corrected chi connectivity index (χ1v) is 6.14. The molecule has 18 heavy (non-hydrogen) atoms. The van der Waals surface area contributed by atoms with Gasteiger partial charge in [-0.1, -0.05) is 39.0 Å². The predicted molar refractivity (Wildman–Crippen MR) is 73.6 cm³/mol. The largest absolute Gasteiger partial charge is 0.395 e. The second-order valence-corrected chi connectivity index (χ2v) is 5.50. The first-order chi connectivity index (χ1) is 8.42. The molecule has 100 valence electrons. The number of aliphatic hydroxyl groups is 1. The molecule has 1 aromatic rings. The summed E-state index contributed by atoms with van der Waals surface area (Å²) < 4.78 is 0. The second-order valence-electron chi connectivity index (χ2n) is 5.50. The van der Waals surface area contributed by atoms with Gasteiger partial charge in [-0.25, -0.2) is 4.79 Å². The fraction of sp³-hybridized carbons (Fsp3) is 0.500. The predicted octanol–water partition coefficient (Wildman–Crippen LogP) is 2.56. The lowest BCUT2D eigenvalue weighted by molar-refractivity contribution is 0.162. The third-order valence-electron chi connectivity index (χ3n) is 2.35. The van der Waals surface area contributed by atoms with Crippen LogP contribution in [0.15, 0.2) is 30.3 Å². The number of anilines is 1. The lowest BCUT2D eigenvalue weighted by Gasteiger charge is -2.29. The molecule has 0 aromatic heterocycles. The number of benzene rings is 1. The summed E-state index contributed by atoms with van der Waals surface area (Å²) in [6, 6.07) is 9.14. The Bertz CT molecular complexity index is 371. The summed E-state index contributed by atoms with van der Waals surface area (Å²) in [5, 5.41) is 11.9. The van der Waals surface area contributed by atoms with Gasteiger partial charge < -0.3 is 15.3 Å². The maximum Gasteiger partial charge on any atom is 0.321 e. The minimum Gasteiger partial charge on any atom is -0.395 e. The standard InChI is InChI=1S/C14H22N2O2/c1-14(2,3)11-16(9-10-17)13(18)15-12-7-5-4-6-8-12/h4-8,17H,9-11H2,1-3H3,(H,15,18). The SMILES string of the molecule is CC(C)(C)CN(CCO)C(=O)Nc1ccccc1. The molecule has 0 aliphatic heterocycles. The summed E-state index contributed by atoms with van der Waals surface area (Å²) in [6.07, 6.45) is 0. The van der Waals surface area contributed by atoms with E-state index < -0.39 is 0 Å². The Balaban J connectivity index is 2.65. The Hall–Kier alpha value is -1.55. The summed E-state index contributed by atoms with van der Waals surface area (Å²) in [4.78, 5) is 13.7.